The Labute approximate surface area is 223 Å². The van der Waals surface area contributed by atoms with Crippen LogP contribution in [0.2, 0.25) is 0 Å². The molecule has 0 spiro atoms. The number of aryl methyl sites for hydroxylation is 1. The van der Waals surface area contributed by atoms with Crippen LogP contribution in [0.4, 0.5) is 4.39 Å². The fraction of sp³-hybridized carbons (Fsp3) is 0.233. The Kier molecular flexibility index (Phi) is 5.76. The lowest BCUT2D eigenvalue weighted by molar-refractivity contribution is 0.154. The number of pyridine rings is 3. The van der Waals surface area contributed by atoms with Gasteiger partial charge in [-0.3, -0.25) is 15.1 Å². The summed E-state index contributed by atoms with van der Waals surface area (Å²) in [6, 6.07) is 12.6. The van der Waals surface area contributed by atoms with Gasteiger partial charge in [-0.25, -0.2) is 14.4 Å². The summed E-state index contributed by atoms with van der Waals surface area (Å²) in [5.41, 5.74) is 7.21. The van der Waals surface area contributed by atoms with Crippen molar-refractivity contribution < 1.29 is 9.13 Å². The van der Waals surface area contributed by atoms with Gasteiger partial charge in [0.25, 0.3) is 0 Å². The van der Waals surface area contributed by atoms with E-state index in [0.717, 1.165) is 46.4 Å². The lowest BCUT2D eigenvalue weighted by Crippen LogP contribution is -2.19. The Morgan fingerprint density at radius 1 is 0.872 bits per heavy atom. The van der Waals surface area contributed by atoms with Crippen LogP contribution >= 0.6 is 0 Å². The Morgan fingerprint density at radius 3 is 2.62 bits per heavy atom. The number of aromatic nitrogens is 7. The minimum absolute atomic E-state index is 0.246. The van der Waals surface area contributed by atoms with E-state index in [1.165, 1.54) is 31.4 Å². The first-order valence-corrected chi connectivity index (χ1v) is 13.2. The molecule has 0 saturated heterocycles. The maximum Gasteiger partial charge on any atom is 0.161 e. The van der Waals surface area contributed by atoms with Crippen LogP contribution in [0.1, 0.15) is 37.7 Å². The fourth-order valence-corrected chi connectivity index (χ4v) is 5.36. The number of fused-ring (bicyclic) bond motifs is 2. The van der Waals surface area contributed by atoms with Crippen LogP contribution in [-0.2, 0) is 0 Å². The number of halogens is 1. The summed E-state index contributed by atoms with van der Waals surface area (Å²) in [4.78, 5) is 22.0. The van der Waals surface area contributed by atoms with Crippen molar-refractivity contribution in [2.45, 2.75) is 45.1 Å². The van der Waals surface area contributed by atoms with Gasteiger partial charge in [0.2, 0.25) is 0 Å². The number of imidazole rings is 1. The van der Waals surface area contributed by atoms with Gasteiger partial charge in [-0.05, 0) is 80.6 Å². The summed E-state index contributed by atoms with van der Waals surface area (Å²) in [6.07, 6.45) is 11.4. The van der Waals surface area contributed by atoms with E-state index in [1.807, 2.05) is 37.3 Å². The summed E-state index contributed by atoms with van der Waals surface area (Å²) < 4.78 is 20.4. The molecule has 0 aliphatic heterocycles. The molecule has 1 saturated carbocycles. The predicted octanol–water partition coefficient (Wildman–Crippen LogP) is 6.78. The quantitative estimate of drug-likeness (QED) is 0.260. The normalized spacial score (nSPS) is 14.3. The van der Waals surface area contributed by atoms with Crippen molar-refractivity contribution in [2.24, 2.45) is 0 Å². The third kappa shape index (κ3) is 4.50. The van der Waals surface area contributed by atoms with Gasteiger partial charge in [-0.15, -0.1) is 0 Å². The third-order valence-electron chi connectivity index (χ3n) is 7.21. The fourth-order valence-electron chi connectivity index (χ4n) is 5.36. The van der Waals surface area contributed by atoms with E-state index < -0.39 is 0 Å². The van der Waals surface area contributed by atoms with Crippen molar-refractivity contribution in [3.63, 3.8) is 0 Å². The van der Waals surface area contributed by atoms with Crippen LogP contribution in [0.5, 0.6) is 5.75 Å². The molecule has 5 aromatic heterocycles. The molecular formula is C30H26FN7O. The van der Waals surface area contributed by atoms with Gasteiger partial charge in [0.1, 0.15) is 22.6 Å². The molecule has 8 nitrogen and oxygen atoms in total. The molecular weight excluding hydrogens is 493 g/mol. The predicted molar refractivity (Wildman–Crippen MR) is 148 cm³/mol. The summed E-state index contributed by atoms with van der Waals surface area (Å²) in [6.45, 7) is 1.86. The van der Waals surface area contributed by atoms with E-state index in [1.54, 1.807) is 18.6 Å². The van der Waals surface area contributed by atoms with E-state index in [-0.39, 0.29) is 11.9 Å². The number of nitrogens with zero attached hydrogens (tertiary/aromatic N) is 5. The van der Waals surface area contributed by atoms with Crippen LogP contribution in [-0.4, -0.2) is 41.2 Å². The van der Waals surface area contributed by atoms with E-state index >= 15 is 0 Å². The van der Waals surface area contributed by atoms with Crippen molar-refractivity contribution in [3.05, 3.63) is 72.4 Å². The molecule has 6 aromatic rings. The molecule has 39 heavy (non-hydrogen) atoms. The van der Waals surface area contributed by atoms with Crippen LogP contribution in [0, 0.1) is 12.7 Å². The SMILES string of the molecule is Cc1cc(F)cc(-c2nccc3[nH]c(-c4n[nH]c5ccc(-c6cncc(OC7CCCCC7)c6)nc45)nc23)c1. The molecule has 2 N–H and O–H groups in total. The highest BCUT2D eigenvalue weighted by Gasteiger charge is 2.19. The van der Waals surface area contributed by atoms with Gasteiger partial charge >= 0.3 is 0 Å². The maximum absolute atomic E-state index is 14.1. The molecule has 1 fully saturated rings. The van der Waals surface area contributed by atoms with Crippen molar-refractivity contribution in [2.75, 3.05) is 0 Å². The zero-order valence-electron chi connectivity index (χ0n) is 21.4. The van der Waals surface area contributed by atoms with Crippen molar-refractivity contribution in [1.82, 2.24) is 35.1 Å². The van der Waals surface area contributed by atoms with E-state index in [4.69, 9.17) is 14.7 Å². The second-order valence-electron chi connectivity index (χ2n) is 10.1. The van der Waals surface area contributed by atoms with Gasteiger partial charge in [0.15, 0.2) is 11.5 Å². The van der Waals surface area contributed by atoms with Gasteiger partial charge in [0.05, 0.1) is 34.7 Å². The van der Waals surface area contributed by atoms with Crippen LogP contribution in [0.25, 0.3) is 56.1 Å². The number of rotatable bonds is 5. The second-order valence-corrected chi connectivity index (χ2v) is 10.1. The molecule has 0 unspecified atom stereocenters. The molecule has 0 radical (unpaired) electrons. The molecule has 194 valence electrons. The second kappa shape index (κ2) is 9.58. The van der Waals surface area contributed by atoms with Gasteiger partial charge in [-0.2, -0.15) is 5.10 Å². The smallest absolute Gasteiger partial charge is 0.161 e. The average Bonchev–Trinajstić information content (AvgIpc) is 3.57. The zero-order chi connectivity index (χ0) is 26.3. The number of hydrogen-bond acceptors (Lipinski definition) is 6. The number of aromatic amines is 2. The number of ether oxygens (including phenoxy) is 1. The minimum Gasteiger partial charge on any atom is -0.489 e. The van der Waals surface area contributed by atoms with Gasteiger partial charge in [-0.1, -0.05) is 6.42 Å². The molecule has 1 aliphatic carbocycles. The average molecular weight is 520 g/mol. The summed E-state index contributed by atoms with van der Waals surface area (Å²) in [5.74, 6) is 1.01. The number of benzene rings is 1. The monoisotopic (exact) mass is 519 g/mol. The lowest BCUT2D eigenvalue weighted by Gasteiger charge is -2.22. The highest BCUT2D eigenvalue weighted by atomic mass is 19.1. The number of H-pyrrole nitrogens is 2. The van der Waals surface area contributed by atoms with Gasteiger partial charge in [0, 0.05) is 23.5 Å². The molecule has 9 heteroatoms. The Balaban J connectivity index is 1.26. The molecule has 7 rings (SSSR count). The number of nitrogens with one attached hydrogen (secondary N) is 2. The summed E-state index contributed by atoms with van der Waals surface area (Å²) in [7, 11) is 0. The summed E-state index contributed by atoms with van der Waals surface area (Å²) >= 11 is 0. The Bertz CT molecular complexity index is 1800. The minimum atomic E-state index is -0.308. The Hall–Kier alpha value is -4.66. The molecule has 1 aliphatic rings. The van der Waals surface area contributed by atoms with E-state index in [2.05, 4.69) is 25.1 Å². The van der Waals surface area contributed by atoms with Crippen LogP contribution in [0.3, 0.4) is 0 Å². The molecule has 0 atom stereocenters. The highest BCUT2D eigenvalue weighted by molar-refractivity contribution is 5.95. The zero-order valence-corrected chi connectivity index (χ0v) is 21.4. The molecule has 5 heterocycles. The third-order valence-corrected chi connectivity index (χ3v) is 7.21. The Morgan fingerprint density at radius 2 is 1.74 bits per heavy atom. The molecule has 0 bridgehead atoms. The highest BCUT2D eigenvalue weighted by Crippen LogP contribution is 2.32. The standard InChI is InChI=1S/C30H26FN7O/c1-17-11-18(13-20(31)12-17)26-27-24(9-10-33-26)35-30(36-27)29-28-25(37-38-29)8-7-23(34-28)19-14-22(16-32-15-19)39-21-5-3-2-4-6-21/h7-16,21H,2-6H2,1H3,(H,35,36)(H,37,38). The van der Waals surface area contributed by atoms with Crippen molar-refractivity contribution >= 4 is 22.1 Å². The van der Waals surface area contributed by atoms with Crippen molar-refractivity contribution in [3.8, 4) is 39.8 Å². The first kappa shape index (κ1) is 23.5. The lowest BCUT2D eigenvalue weighted by atomic mass is 9.98. The van der Waals surface area contributed by atoms with Crippen LogP contribution < -0.4 is 4.74 Å². The van der Waals surface area contributed by atoms with Gasteiger partial charge < -0.3 is 9.72 Å². The van der Waals surface area contributed by atoms with Crippen LogP contribution in [0.15, 0.2) is 61.1 Å². The number of hydrogen-bond donors (Lipinski definition) is 2. The molecule has 1 aromatic carbocycles. The maximum atomic E-state index is 14.1. The molecule has 0 amide bonds. The summed E-state index contributed by atoms with van der Waals surface area (Å²) in [5, 5.41) is 7.58. The van der Waals surface area contributed by atoms with E-state index in [0.29, 0.717) is 33.8 Å². The van der Waals surface area contributed by atoms with Crippen molar-refractivity contribution in [1.29, 1.82) is 0 Å². The van der Waals surface area contributed by atoms with E-state index in [9.17, 15) is 4.39 Å². The topological polar surface area (TPSA) is 105 Å². The first-order chi connectivity index (χ1) is 19.1. The first-order valence-electron chi connectivity index (χ1n) is 13.2. The largest absolute Gasteiger partial charge is 0.489 e.